The van der Waals surface area contributed by atoms with E-state index < -0.39 is 11.9 Å². The fourth-order valence-corrected chi connectivity index (χ4v) is 3.37. The van der Waals surface area contributed by atoms with Gasteiger partial charge in [-0.1, -0.05) is 66.7 Å². The highest BCUT2D eigenvalue weighted by molar-refractivity contribution is 5.79. The first kappa shape index (κ1) is 25.1. The number of aliphatic hydroxyl groups is 1. The predicted octanol–water partition coefficient (Wildman–Crippen LogP) is 4.36. The van der Waals surface area contributed by atoms with Crippen LogP contribution in [0.3, 0.4) is 0 Å². The van der Waals surface area contributed by atoms with Gasteiger partial charge in [0, 0.05) is 17.6 Å². The van der Waals surface area contributed by atoms with Crippen molar-refractivity contribution >= 4 is 11.9 Å². The van der Waals surface area contributed by atoms with Crippen LogP contribution in [0.2, 0.25) is 0 Å². The Morgan fingerprint density at radius 2 is 1.32 bits per heavy atom. The Bertz CT molecular complexity index is 1100. The number of hydrogen-bond donors (Lipinski definition) is 2. The van der Waals surface area contributed by atoms with Gasteiger partial charge in [-0.15, -0.1) is 0 Å². The summed E-state index contributed by atoms with van der Waals surface area (Å²) in [6.45, 7) is 6.10. The van der Waals surface area contributed by atoms with Crippen LogP contribution in [0.5, 0.6) is 11.5 Å². The maximum atomic E-state index is 12.8. The average molecular weight is 462 g/mol. The second-order valence-corrected chi connectivity index (χ2v) is 9.07. The first-order chi connectivity index (χ1) is 16.2. The molecule has 6 heteroatoms. The highest BCUT2D eigenvalue weighted by Crippen LogP contribution is 2.35. The molecular weight excluding hydrogens is 430 g/mol. The molecule has 0 heterocycles. The molecule has 3 aromatic rings. The summed E-state index contributed by atoms with van der Waals surface area (Å²) in [6.07, 6.45) is 0.142. The summed E-state index contributed by atoms with van der Waals surface area (Å²) in [7, 11) is 0. The molecule has 3 aromatic carbocycles. The molecule has 0 aliphatic heterocycles. The predicted molar refractivity (Wildman–Crippen MR) is 131 cm³/mol. The van der Waals surface area contributed by atoms with Crippen LogP contribution < -0.4 is 14.8 Å². The second-order valence-electron chi connectivity index (χ2n) is 9.07. The van der Waals surface area contributed by atoms with Crippen LogP contribution >= 0.6 is 0 Å². The summed E-state index contributed by atoms with van der Waals surface area (Å²) in [5.41, 5.74) is 2.56. The van der Waals surface area contributed by atoms with Crippen molar-refractivity contribution in [1.29, 1.82) is 0 Å². The van der Waals surface area contributed by atoms with Crippen LogP contribution in [0.1, 0.15) is 43.0 Å². The fourth-order valence-electron chi connectivity index (χ4n) is 3.37. The number of carbonyl (C=O) groups excluding carboxylic acids is 2. The third kappa shape index (κ3) is 7.54. The van der Waals surface area contributed by atoms with Gasteiger partial charge in [-0.05, 0) is 43.5 Å². The van der Waals surface area contributed by atoms with Crippen molar-refractivity contribution in [3.05, 3.63) is 95.1 Å². The standard InChI is InChI=1S/C28H31NO5/c1-28(2,3)29-18-23-22(19-30)14-15-24(33-25(31)16-20-10-6-4-7-11-20)27(23)34-26(32)17-21-12-8-5-9-13-21/h4-15,29-30H,16-19H2,1-3H3. The number of aliphatic hydroxyl groups excluding tert-OH is 1. The van der Waals surface area contributed by atoms with Gasteiger partial charge in [0.05, 0.1) is 19.4 Å². The van der Waals surface area contributed by atoms with Gasteiger partial charge < -0.3 is 19.9 Å². The van der Waals surface area contributed by atoms with E-state index in [4.69, 9.17) is 9.47 Å². The van der Waals surface area contributed by atoms with E-state index >= 15 is 0 Å². The molecule has 0 unspecified atom stereocenters. The Morgan fingerprint density at radius 1 is 0.794 bits per heavy atom. The van der Waals surface area contributed by atoms with Gasteiger partial charge in [-0.2, -0.15) is 0 Å². The van der Waals surface area contributed by atoms with E-state index in [-0.39, 0.29) is 36.5 Å². The molecule has 0 amide bonds. The molecule has 0 saturated heterocycles. The van der Waals surface area contributed by atoms with Crippen LogP contribution in [0.15, 0.2) is 72.8 Å². The Kier molecular flexibility index (Phi) is 8.57. The van der Waals surface area contributed by atoms with Crippen LogP contribution in [0.25, 0.3) is 0 Å². The van der Waals surface area contributed by atoms with E-state index in [0.717, 1.165) is 11.1 Å². The number of carbonyl (C=O) groups is 2. The first-order valence-electron chi connectivity index (χ1n) is 11.2. The molecule has 0 atom stereocenters. The van der Waals surface area contributed by atoms with Crippen LogP contribution in [-0.4, -0.2) is 22.6 Å². The zero-order valence-electron chi connectivity index (χ0n) is 19.8. The quantitative estimate of drug-likeness (QED) is 0.364. The number of benzene rings is 3. The number of nitrogens with one attached hydrogen (secondary N) is 1. The van der Waals surface area contributed by atoms with Gasteiger partial charge in [0.2, 0.25) is 0 Å². The SMILES string of the molecule is CC(C)(C)NCc1c(CO)ccc(OC(=O)Cc2ccccc2)c1OC(=O)Cc1ccccc1. The van der Waals surface area contributed by atoms with Gasteiger partial charge in [0.1, 0.15) is 0 Å². The molecule has 0 saturated carbocycles. The van der Waals surface area contributed by atoms with E-state index in [1.807, 2.05) is 81.4 Å². The van der Waals surface area contributed by atoms with Gasteiger partial charge in [0.15, 0.2) is 11.5 Å². The van der Waals surface area contributed by atoms with Crippen molar-refractivity contribution in [2.45, 2.75) is 52.3 Å². The lowest BCUT2D eigenvalue weighted by atomic mass is 10.0. The molecule has 0 aliphatic rings. The molecule has 0 spiro atoms. The van der Waals surface area contributed by atoms with Crippen LogP contribution in [0.4, 0.5) is 0 Å². The fraction of sp³-hybridized carbons (Fsp3) is 0.286. The Balaban J connectivity index is 1.91. The maximum Gasteiger partial charge on any atom is 0.315 e. The van der Waals surface area contributed by atoms with Crippen LogP contribution in [-0.2, 0) is 35.6 Å². The summed E-state index contributed by atoms with van der Waals surface area (Å²) in [5.74, 6) is -0.674. The van der Waals surface area contributed by atoms with Gasteiger partial charge >= 0.3 is 11.9 Å². The van der Waals surface area contributed by atoms with Gasteiger partial charge in [0.25, 0.3) is 0 Å². The Labute approximate surface area is 200 Å². The van der Waals surface area contributed by atoms with Crippen molar-refractivity contribution in [2.24, 2.45) is 0 Å². The molecule has 6 nitrogen and oxygen atoms in total. The molecule has 178 valence electrons. The molecule has 0 aromatic heterocycles. The largest absolute Gasteiger partial charge is 0.422 e. The Morgan fingerprint density at radius 3 is 1.82 bits per heavy atom. The van der Waals surface area contributed by atoms with Crippen molar-refractivity contribution < 1.29 is 24.2 Å². The van der Waals surface area contributed by atoms with Crippen LogP contribution in [0, 0.1) is 0 Å². The number of ether oxygens (including phenoxy) is 2. The zero-order chi connectivity index (χ0) is 24.6. The summed E-state index contributed by atoms with van der Waals surface area (Å²) in [5, 5.41) is 13.3. The van der Waals surface area contributed by atoms with Crippen molar-refractivity contribution in [2.75, 3.05) is 0 Å². The molecule has 2 N–H and O–H groups in total. The molecular formula is C28H31NO5. The minimum atomic E-state index is -0.487. The van der Waals surface area contributed by atoms with Gasteiger partial charge in [-0.25, -0.2) is 0 Å². The van der Waals surface area contributed by atoms with Crippen molar-refractivity contribution in [3.8, 4) is 11.5 Å². The average Bonchev–Trinajstić information content (AvgIpc) is 2.79. The molecule has 34 heavy (non-hydrogen) atoms. The number of hydrogen-bond acceptors (Lipinski definition) is 6. The van der Waals surface area contributed by atoms with E-state index in [0.29, 0.717) is 17.7 Å². The third-order valence-corrected chi connectivity index (χ3v) is 5.11. The highest BCUT2D eigenvalue weighted by Gasteiger charge is 2.22. The summed E-state index contributed by atoms with van der Waals surface area (Å²) >= 11 is 0. The van der Waals surface area contributed by atoms with E-state index in [1.165, 1.54) is 0 Å². The number of rotatable bonds is 9. The minimum absolute atomic E-state index is 0.0632. The van der Waals surface area contributed by atoms with E-state index in [2.05, 4.69) is 5.32 Å². The lowest BCUT2D eigenvalue weighted by Gasteiger charge is -2.23. The monoisotopic (exact) mass is 461 g/mol. The Hall–Kier alpha value is -3.48. The van der Waals surface area contributed by atoms with Gasteiger partial charge in [-0.3, -0.25) is 9.59 Å². The third-order valence-electron chi connectivity index (χ3n) is 5.11. The maximum absolute atomic E-state index is 12.8. The number of esters is 2. The van der Waals surface area contributed by atoms with E-state index in [1.54, 1.807) is 12.1 Å². The normalized spacial score (nSPS) is 11.2. The topological polar surface area (TPSA) is 84.9 Å². The van der Waals surface area contributed by atoms with Crippen molar-refractivity contribution in [3.63, 3.8) is 0 Å². The van der Waals surface area contributed by atoms with E-state index in [9.17, 15) is 14.7 Å². The lowest BCUT2D eigenvalue weighted by molar-refractivity contribution is -0.136. The molecule has 0 bridgehead atoms. The smallest absolute Gasteiger partial charge is 0.315 e. The lowest BCUT2D eigenvalue weighted by Crippen LogP contribution is -2.35. The highest BCUT2D eigenvalue weighted by atomic mass is 16.6. The summed E-state index contributed by atoms with van der Waals surface area (Å²) < 4.78 is 11.4. The molecule has 0 radical (unpaired) electrons. The summed E-state index contributed by atoms with van der Waals surface area (Å²) in [4.78, 5) is 25.5. The van der Waals surface area contributed by atoms with Crippen molar-refractivity contribution in [1.82, 2.24) is 5.32 Å². The zero-order valence-corrected chi connectivity index (χ0v) is 19.8. The first-order valence-corrected chi connectivity index (χ1v) is 11.2. The molecule has 0 fully saturated rings. The molecule has 0 aliphatic carbocycles. The minimum Gasteiger partial charge on any atom is -0.422 e. The molecule has 3 rings (SSSR count). The summed E-state index contributed by atoms with van der Waals surface area (Å²) in [6, 6.07) is 21.8. The second kappa shape index (κ2) is 11.6.